The zero-order chi connectivity index (χ0) is 17.8. The minimum atomic E-state index is -0.999. The molecule has 1 N–H and O–H groups in total. The average Bonchev–Trinajstić information content (AvgIpc) is 3.18. The molecule has 3 rings (SSSR count). The standard InChI is InChI=1S/C17H22N2O6/c1-3-15(25-17(21)23-11-4-7-19(2)8-5-11)24-16(20)13-10-14-12(18-13)6-9-22-14/h6,9-11,15,18H,3-5,7-8H2,1-2H3. The van der Waals surface area contributed by atoms with Crippen molar-refractivity contribution in [3.05, 3.63) is 24.1 Å². The fourth-order valence-electron chi connectivity index (χ4n) is 2.71. The van der Waals surface area contributed by atoms with Gasteiger partial charge in [-0.15, -0.1) is 0 Å². The topological polar surface area (TPSA) is 94.0 Å². The van der Waals surface area contributed by atoms with E-state index in [-0.39, 0.29) is 11.8 Å². The molecule has 3 heterocycles. The summed E-state index contributed by atoms with van der Waals surface area (Å²) in [4.78, 5) is 29.1. The first-order valence-corrected chi connectivity index (χ1v) is 8.38. The fraction of sp³-hybridized carbons (Fsp3) is 0.529. The highest BCUT2D eigenvalue weighted by atomic mass is 16.8. The molecular weight excluding hydrogens is 328 g/mol. The van der Waals surface area contributed by atoms with Gasteiger partial charge in [-0.1, -0.05) is 6.92 Å². The Balaban J connectivity index is 1.50. The maximum atomic E-state index is 12.2. The molecule has 1 aliphatic rings. The lowest BCUT2D eigenvalue weighted by Gasteiger charge is -2.28. The van der Waals surface area contributed by atoms with E-state index in [4.69, 9.17) is 18.6 Å². The molecule has 1 aliphatic heterocycles. The van der Waals surface area contributed by atoms with Crippen LogP contribution in [-0.2, 0) is 14.2 Å². The van der Waals surface area contributed by atoms with E-state index in [1.54, 1.807) is 19.1 Å². The van der Waals surface area contributed by atoms with Crippen molar-refractivity contribution >= 4 is 23.2 Å². The normalized spacial score (nSPS) is 17.4. The SMILES string of the molecule is CCC(OC(=O)OC1CCN(C)CC1)OC(=O)c1cc2occc2[nH]1. The molecule has 1 saturated heterocycles. The second-order valence-electron chi connectivity index (χ2n) is 6.11. The number of aromatic nitrogens is 1. The number of ether oxygens (including phenoxy) is 3. The fourth-order valence-corrected chi connectivity index (χ4v) is 2.71. The van der Waals surface area contributed by atoms with Gasteiger partial charge in [0, 0.05) is 31.6 Å². The van der Waals surface area contributed by atoms with Crippen molar-refractivity contribution in [1.29, 1.82) is 0 Å². The molecule has 136 valence electrons. The van der Waals surface area contributed by atoms with Crippen molar-refractivity contribution in [2.24, 2.45) is 0 Å². The van der Waals surface area contributed by atoms with Gasteiger partial charge in [-0.05, 0) is 19.9 Å². The summed E-state index contributed by atoms with van der Waals surface area (Å²) < 4.78 is 20.8. The second-order valence-corrected chi connectivity index (χ2v) is 6.11. The van der Waals surface area contributed by atoms with Gasteiger partial charge in [-0.3, -0.25) is 0 Å². The number of hydrogen-bond donors (Lipinski definition) is 1. The average molecular weight is 350 g/mol. The van der Waals surface area contributed by atoms with Crippen molar-refractivity contribution in [3.63, 3.8) is 0 Å². The number of H-pyrrole nitrogens is 1. The van der Waals surface area contributed by atoms with Crippen LogP contribution in [-0.4, -0.2) is 54.5 Å². The van der Waals surface area contributed by atoms with Gasteiger partial charge in [0.25, 0.3) is 6.29 Å². The number of esters is 1. The smallest absolute Gasteiger partial charge is 0.463 e. The molecule has 2 aromatic rings. The molecule has 25 heavy (non-hydrogen) atoms. The highest BCUT2D eigenvalue weighted by Gasteiger charge is 2.25. The van der Waals surface area contributed by atoms with Gasteiger partial charge in [-0.25, -0.2) is 9.59 Å². The van der Waals surface area contributed by atoms with E-state index in [0.29, 0.717) is 17.5 Å². The summed E-state index contributed by atoms with van der Waals surface area (Å²) in [5.41, 5.74) is 1.49. The Labute approximate surface area is 145 Å². The van der Waals surface area contributed by atoms with Crippen LogP contribution < -0.4 is 0 Å². The van der Waals surface area contributed by atoms with E-state index in [0.717, 1.165) is 25.9 Å². The lowest BCUT2D eigenvalue weighted by molar-refractivity contribution is -0.103. The van der Waals surface area contributed by atoms with Crippen molar-refractivity contribution in [2.45, 2.75) is 38.6 Å². The van der Waals surface area contributed by atoms with E-state index >= 15 is 0 Å². The third-order valence-corrected chi connectivity index (χ3v) is 4.19. The van der Waals surface area contributed by atoms with Gasteiger partial charge in [0.15, 0.2) is 5.58 Å². The molecule has 0 aliphatic carbocycles. The Morgan fingerprint density at radius 2 is 2.12 bits per heavy atom. The number of nitrogens with zero attached hydrogens (tertiary/aromatic N) is 1. The highest BCUT2D eigenvalue weighted by molar-refractivity contribution is 5.93. The Morgan fingerprint density at radius 3 is 2.80 bits per heavy atom. The molecular formula is C17H22N2O6. The van der Waals surface area contributed by atoms with Gasteiger partial charge in [0.1, 0.15) is 11.8 Å². The predicted molar refractivity (Wildman–Crippen MR) is 88.1 cm³/mol. The Hall–Kier alpha value is -2.48. The summed E-state index contributed by atoms with van der Waals surface area (Å²) in [6.07, 6.45) is 1.41. The molecule has 8 nitrogen and oxygen atoms in total. The highest BCUT2D eigenvalue weighted by Crippen LogP contribution is 2.18. The van der Waals surface area contributed by atoms with Gasteiger partial charge in [-0.2, -0.15) is 0 Å². The van der Waals surface area contributed by atoms with Gasteiger partial charge in [0.05, 0.1) is 11.8 Å². The number of carbonyl (C=O) groups is 2. The van der Waals surface area contributed by atoms with E-state index in [2.05, 4.69) is 9.88 Å². The molecule has 1 atom stereocenters. The third kappa shape index (κ3) is 4.33. The molecule has 1 unspecified atom stereocenters. The van der Waals surface area contributed by atoms with Crippen LogP contribution in [0.1, 0.15) is 36.7 Å². The minimum Gasteiger partial charge on any atom is -0.463 e. The first kappa shape index (κ1) is 17.3. The lowest BCUT2D eigenvalue weighted by atomic mass is 10.1. The molecule has 0 spiro atoms. The summed E-state index contributed by atoms with van der Waals surface area (Å²) in [7, 11) is 2.03. The van der Waals surface area contributed by atoms with Crippen LogP contribution in [0.5, 0.6) is 0 Å². The first-order valence-electron chi connectivity index (χ1n) is 8.38. The number of fused-ring (bicyclic) bond motifs is 1. The summed E-state index contributed by atoms with van der Waals surface area (Å²) >= 11 is 0. The Morgan fingerprint density at radius 1 is 1.36 bits per heavy atom. The monoisotopic (exact) mass is 350 g/mol. The number of aromatic amines is 1. The van der Waals surface area contributed by atoms with E-state index in [1.165, 1.54) is 6.26 Å². The molecule has 0 amide bonds. The second kappa shape index (κ2) is 7.60. The molecule has 0 bridgehead atoms. The molecule has 1 fully saturated rings. The number of carbonyl (C=O) groups excluding carboxylic acids is 2. The van der Waals surface area contributed by atoms with E-state index in [9.17, 15) is 9.59 Å². The largest absolute Gasteiger partial charge is 0.511 e. The molecule has 0 aromatic carbocycles. The zero-order valence-electron chi connectivity index (χ0n) is 14.3. The number of likely N-dealkylation sites (tertiary alicyclic amines) is 1. The van der Waals surface area contributed by atoms with Crippen LogP contribution >= 0.6 is 0 Å². The van der Waals surface area contributed by atoms with Crippen LogP contribution in [0.15, 0.2) is 22.8 Å². The zero-order valence-corrected chi connectivity index (χ0v) is 14.3. The first-order chi connectivity index (χ1) is 12.0. The van der Waals surface area contributed by atoms with Crippen molar-refractivity contribution in [3.8, 4) is 0 Å². The van der Waals surface area contributed by atoms with Crippen molar-refractivity contribution in [1.82, 2.24) is 9.88 Å². The summed E-state index contributed by atoms with van der Waals surface area (Å²) in [5, 5.41) is 0. The number of rotatable bonds is 5. The van der Waals surface area contributed by atoms with Crippen LogP contribution in [0.2, 0.25) is 0 Å². The summed E-state index contributed by atoms with van der Waals surface area (Å²) in [5.74, 6) is -0.620. The van der Waals surface area contributed by atoms with Gasteiger partial charge < -0.3 is 28.5 Å². The van der Waals surface area contributed by atoms with Crippen LogP contribution in [0.4, 0.5) is 4.79 Å². The van der Waals surface area contributed by atoms with E-state index < -0.39 is 18.4 Å². The maximum Gasteiger partial charge on any atom is 0.511 e. The lowest BCUT2D eigenvalue weighted by Crippen LogP contribution is -2.36. The maximum absolute atomic E-state index is 12.2. The quantitative estimate of drug-likeness (QED) is 0.654. The van der Waals surface area contributed by atoms with Crippen LogP contribution in [0, 0.1) is 0 Å². The molecule has 0 saturated carbocycles. The molecule has 2 aromatic heterocycles. The van der Waals surface area contributed by atoms with Crippen LogP contribution in [0.3, 0.4) is 0 Å². The Bertz CT molecular complexity index is 700. The summed E-state index contributed by atoms with van der Waals surface area (Å²) in [6, 6.07) is 3.25. The molecule has 8 heteroatoms. The molecule has 0 radical (unpaired) electrons. The van der Waals surface area contributed by atoms with E-state index in [1.807, 2.05) is 7.05 Å². The van der Waals surface area contributed by atoms with Crippen molar-refractivity contribution < 1.29 is 28.2 Å². The van der Waals surface area contributed by atoms with Gasteiger partial charge in [0.2, 0.25) is 0 Å². The Kier molecular flexibility index (Phi) is 5.28. The number of furan rings is 1. The summed E-state index contributed by atoms with van der Waals surface area (Å²) in [6.45, 7) is 3.50. The number of hydrogen-bond acceptors (Lipinski definition) is 7. The minimum absolute atomic E-state index is 0.160. The van der Waals surface area contributed by atoms with Crippen molar-refractivity contribution in [2.75, 3.05) is 20.1 Å². The predicted octanol–water partition coefficient (Wildman–Crippen LogP) is 2.90. The van der Waals surface area contributed by atoms with Crippen LogP contribution in [0.25, 0.3) is 11.1 Å². The number of piperidine rings is 1. The third-order valence-electron chi connectivity index (χ3n) is 4.19. The van der Waals surface area contributed by atoms with Gasteiger partial charge >= 0.3 is 12.1 Å². The number of nitrogens with one attached hydrogen (secondary N) is 1.